The van der Waals surface area contributed by atoms with Crippen LogP contribution in [0.15, 0.2) is 34.9 Å². The van der Waals surface area contributed by atoms with Gasteiger partial charge in [-0.25, -0.2) is 0 Å². The topological polar surface area (TPSA) is 20.2 Å². The van der Waals surface area contributed by atoms with Crippen LogP contribution in [0.5, 0.6) is 0 Å². The molecule has 0 aliphatic heterocycles. The summed E-state index contributed by atoms with van der Waals surface area (Å²) in [6, 6.07) is 0. The molecule has 0 aromatic rings. The lowest BCUT2D eigenvalue weighted by molar-refractivity contribution is 0.0225. The number of hydrogen-bond acceptors (Lipinski definition) is 1. The van der Waals surface area contributed by atoms with Gasteiger partial charge in [0.25, 0.3) is 0 Å². The molecule has 1 heteroatoms. The fourth-order valence-corrected chi connectivity index (χ4v) is 7.63. The van der Waals surface area contributed by atoms with E-state index in [1.807, 2.05) is 0 Å². The van der Waals surface area contributed by atoms with E-state index >= 15 is 0 Å². The van der Waals surface area contributed by atoms with Gasteiger partial charge < -0.3 is 5.11 Å². The molecule has 1 N–H and O–H groups in total. The summed E-state index contributed by atoms with van der Waals surface area (Å²) in [4.78, 5) is 0. The molecule has 0 bridgehead atoms. The highest BCUT2D eigenvalue weighted by Gasteiger charge is 2.52. The highest BCUT2D eigenvalue weighted by Crippen LogP contribution is 2.64. The van der Waals surface area contributed by atoms with E-state index in [0.717, 1.165) is 24.7 Å². The van der Waals surface area contributed by atoms with E-state index in [1.165, 1.54) is 56.9 Å². The molecular formula is C28H44O. The summed E-state index contributed by atoms with van der Waals surface area (Å²) in [6.07, 6.45) is 14.8. The average molecular weight is 397 g/mol. The van der Waals surface area contributed by atoms with Crippen molar-refractivity contribution in [3.8, 4) is 0 Å². The molecule has 29 heavy (non-hydrogen) atoms. The summed E-state index contributed by atoms with van der Waals surface area (Å²) in [5.74, 6) is 2.88. The fourth-order valence-electron chi connectivity index (χ4n) is 7.63. The first kappa shape index (κ1) is 21.4. The van der Waals surface area contributed by atoms with Crippen molar-refractivity contribution in [2.75, 3.05) is 0 Å². The Labute approximate surface area is 179 Å². The van der Waals surface area contributed by atoms with E-state index in [2.05, 4.69) is 47.3 Å². The Bertz CT molecular complexity index is 725. The first-order chi connectivity index (χ1) is 13.7. The second-order valence-corrected chi connectivity index (χ2v) is 11.7. The molecule has 0 aromatic carbocycles. The minimum Gasteiger partial charge on any atom is -0.393 e. The van der Waals surface area contributed by atoms with Crippen molar-refractivity contribution in [2.24, 2.45) is 34.5 Å². The molecule has 4 aliphatic rings. The van der Waals surface area contributed by atoms with Crippen LogP contribution in [-0.4, -0.2) is 11.2 Å². The van der Waals surface area contributed by atoms with E-state index in [4.69, 9.17) is 0 Å². The third-order valence-corrected chi connectivity index (χ3v) is 9.90. The molecule has 0 aromatic heterocycles. The summed E-state index contributed by atoms with van der Waals surface area (Å²) in [5.41, 5.74) is 7.46. The summed E-state index contributed by atoms with van der Waals surface area (Å²) in [5, 5.41) is 10.2. The number of aliphatic hydroxyl groups excluding tert-OH is 1. The molecule has 6 atom stereocenters. The standard InChI is InChI=1S/C28H44O/c1-18(2)19(3)7-8-20(4)24-11-12-25-23-10-9-21-17-22(29)13-15-27(21,5)26(23)14-16-28(24,25)6/h12,18,20-22,24,29H,3,7-11,13-17H2,1-2,4-6H3/t20-,21+,22+,24-,27+,28-/m1/s1. The van der Waals surface area contributed by atoms with E-state index in [9.17, 15) is 5.11 Å². The van der Waals surface area contributed by atoms with Crippen LogP contribution < -0.4 is 0 Å². The minimum absolute atomic E-state index is 0.0550. The Kier molecular flexibility index (Phi) is 5.69. The maximum atomic E-state index is 10.2. The van der Waals surface area contributed by atoms with Crippen LogP contribution in [0.1, 0.15) is 98.8 Å². The molecule has 0 spiro atoms. The zero-order chi connectivity index (χ0) is 21.0. The van der Waals surface area contributed by atoms with Gasteiger partial charge in [-0.3, -0.25) is 0 Å². The van der Waals surface area contributed by atoms with Gasteiger partial charge in [0.2, 0.25) is 0 Å². The molecule has 162 valence electrons. The molecule has 0 unspecified atom stereocenters. The van der Waals surface area contributed by atoms with Gasteiger partial charge in [0, 0.05) is 0 Å². The second-order valence-electron chi connectivity index (χ2n) is 11.7. The van der Waals surface area contributed by atoms with Crippen LogP contribution in [0, 0.1) is 34.5 Å². The summed E-state index contributed by atoms with van der Waals surface area (Å²) >= 11 is 0. The van der Waals surface area contributed by atoms with Crippen molar-refractivity contribution in [2.45, 2.75) is 105 Å². The predicted molar refractivity (Wildman–Crippen MR) is 124 cm³/mol. The normalized spacial score (nSPS) is 40.2. The van der Waals surface area contributed by atoms with Crippen LogP contribution in [0.25, 0.3) is 0 Å². The van der Waals surface area contributed by atoms with Crippen molar-refractivity contribution >= 4 is 0 Å². The highest BCUT2D eigenvalue weighted by molar-refractivity contribution is 5.49. The van der Waals surface area contributed by atoms with E-state index < -0.39 is 0 Å². The largest absolute Gasteiger partial charge is 0.393 e. The number of fused-ring (bicyclic) bond motifs is 4. The Morgan fingerprint density at radius 3 is 2.62 bits per heavy atom. The van der Waals surface area contributed by atoms with Crippen LogP contribution in [0.2, 0.25) is 0 Å². The third kappa shape index (κ3) is 3.50. The van der Waals surface area contributed by atoms with Crippen LogP contribution in [-0.2, 0) is 0 Å². The Morgan fingerprint density at radius 1 is 1.14 bits per heavy atom. The molecule has 0 saturated heterocycles. The number of rotatable bonds is 5. The van der Waals surface area contributed by atoms with E-state index in [1.54, 1.807) is 16.7 Å². The molecule has 1 nitrogen and oxygen atoms in total. The minimum atomic E-state index is -0.0550. The highest BCUT2D eigenvalue weighted by atomic mass is 16.3. The number of hydrogen-bond donors (Lipinski definition) is 1. The van der Waals surface area contributed by atoms with Crippen molar-refractivity contribution in [1.29, 1.82) is 0 Å². The zero-order valence-corrected chi connectivity index (χ0v) is 19.7. The first-order valence-corrected chi connectivity index (χ1v) is 12.5. The molecule has 1 fully saturated rings. The van der Waals surface area contributed by atoms with Crippen molar-refractivity contribution in [3.63, 3.8) is 0 Å². The smallest absolute Gasteiger partial charge is 0.0543 e. The van der Waals surface area contributed by atoms with Gasteiger partial charge in [-0.1, -0.05) is 58.4 Å². The second kappa shape index (κ2) is 7.70. The third-order valence-electron chi connectivity index (χ3n) is 9.90. The number of allylic oxidation sites excluding steroid dienone is 5. The van der Waals surface area contributed by atoms with Crippen LogP contribution in [0.3, 0.4) is 0 Å². The van der Waals surface area contributed by atoms with Crippen LogP contribution >= 0.6 is 0 Å². The summed E-state index contributed by atoms with van der Waals surface area (Å²) in [7, 11) is 0. The maximum absolute atomic E-state index is 10.2. The molecular weight excluding hydrogens is 352 g/mol. The van der Waals surface area contributed by atoms with Gasteiger partial charge in [-0.2, -0.15) is 0 Å². The van der Waals surface area contributed by atoms with Crippen molar-refractivity contribution in [3.05, 3.63) is 34.9 Å². The Balaban J connectivity index is 1.54. The van der Waals surface area contributed by atoms with Crippen molar-refractivity contribution < 1.29 is 5.11 Å². The molecule has 0 amide bonds. The predicted octanol–water partition coefficient (Wildman–Crippen LogP) is 7.62. The van der Waals surface area contributed by atoms with E-state index in [-0.39, 0.29) is 6.10 Å². The lowest BCUT2D eigenvalue weighted by Gasteiger charge is -2.54. The van der Waals surface area contributed by atoms with Gasteiger partial charge in [-0.05, 0) is 110 Å². The van der Waals surface area contributed by atoms with E-state index in [0.29, 0.717) is 22.7 Å². The molecule has 4 rings (SSSR count). The monoisotopic (exact) mass is 396 g/mol. The van der Waals surface area contributed by atoms with Crippen molar-refractivity contribution in [1.82, 2.24) is 0 Å². The summed E-state index contributed by atoms with van der Waals surface area (Å²) < 4.78 is 0. The lowest BCUT2D eigenvalue weighted by atomic mass is 9.51. The van der Waals surface area contributed by atoms with Crippen LogP contribution in [0.4, 0.5) is 0 Å². The molecule has 0 radical (unpaired) electrons. The zero-order valence-electron chi connectivity index (χ0n) is 19.7. The number of aliphatic hydroxyl groups is 1. The van der Waals surface area contributed by atoms with Gasteiger partial charge in [0.05, 0.1) is 6.10 Å². The van der Waals surface area contributed by atoms with Gasteiger partial charge in [-0.15, -0.1) is 0 Å². The SMILES string of the molecule is C=C(CC[C@@H](C)[C@H]1CC=C2C3=C(CC[C@@]21C)[C@@]1(C)CC[C@H](O)C[C@@H]1CC3)C(C)C. The molecule has 1 saturated carbocycles. The first-order valence-electron chi connectivity index (χ1n) is 12.5. The average Bonchev–Trinajstić information content (AvgIpc) is 3.03. The van der Waals surface area contributed by atoms with Gasteiger partial charge in [0.1, 0.15) is 0 Å². The lowest BCUT2D eigenvalue weighted by Crippen LogP contribution is -2.44. The Morgan fingerprint density at radius 2 is 1.90 bits per heavy atom. The fraction of sp³-hybridized carbons (Fsp3) is 0.786. The quantitative estimate of drug-likeness (QED) is 0.474. The maximum Gasteiger partial charge on any atom is 0.0543 e. The molecule has 0 heterocycles. The van der Waals surface area contributed by atoms with Gasteiger partial charge in [0.15, 0.2) is 0 Å². The molecule has 4 aliphatic carbocycles. The van der Waals surface area contributed by atoms with Gasteiger partial charge >= 0.3 is 0 Å². The summed E-state index contributed by atoms with van der Waals surface area (Å²) in [6.45, 7) is 16.5. The Hall–Kier alpha value is -0.820.